The van der Waals surface area contributed by atoms with E-state index in [1.807, 2.05) is 0 Å². The molecule has 2 aliphatic heterocycles. The molecule has 0 amide bonds. The first kappa shape index (κ1) is 27.0. The number of hydrogen-bond donors (Lipinski definition) is 10. The van der Waals surface area contributed by atoms with E-state index in [0.717, 1.165) is 12.1 Å². The van der Waals surface area contributed by atoms with Crippen molar-refractivity contribution in [3.8, 4) is 57.5 Å². The second kappa shape index (κ2) is 9.72. The monoisotopic (exact) mass is 578 g/mol. The third kappa shape index (κ3) is 4.24. The van der Waals surface area contributed by atoms with Crippen LogP contribution in [-0.4, -0.2) is 63.3 Å². The van der Waals surface area contributed by atoms with Gasteiger partial charge in [-0.25, -0.2) is 0 Å². The van der Waals surface area contributed by atoms with Crippen molar-refractivity contribution in [3.05, 3.63) is 82.4 Å². The van der Waals surface area contributed by atoms with E-state index in [-0.39, 0.29) is 51.7 Å². The van der Waals surface area contributed by atoms with Gasteiger partial charge in [-0.1, -0.05) is 12.1 Å². The minimum atomic E-state index is -1.60. The largest absolute Gasteiger partial charge is 0.508 e. The molecule has 12 nitrogen and oxygen atoms in total. The van der Waals surface area contributed by atoms with Crippen molar-refractivity contribution in [2.75, 3.05) is 0 Å². The standard InChI is InChI=1S/C30H26O12/c31-13-7-19(36)24-23(8-13)42-30(12-2-4-16(33)18(35)6-12)28(40)26(24)25-20(37)10-22-14(27(25)39)9-21(38)29(41-22)11-1-3-15(32)17(34)5-11/h1-8,10,21,26,28-40H,9H2/t21?,26-,28-,29+,30-/m1/s1. The highest BCUT2D eigenvalue weighted by molar-refractivity contribution is 5.65. The van der Waals surface area contributed by atoms with Crippen LogP contribution < -0.4 is 9.47 Å². The van der Waals surface area contributed by atoms with Gasteiger partial charge in [0, 0.05) is 41.3 Å². The fourth-order valence-corrected chi connectivity index (χ4v) is 5.70. The lowest BCUT2D eigenvalue weighted by atomic mass is 9.77. The van der Waals surface area contributed by atoms with Gasteiger partial charge in [0.15, 0.2) is 29.1 Å². The van der Waals surface area contributed by atoms with E-state index in [1.54, 1.807) is 0 Å². The lowest BCUT2D eigenvalue weighted by Gasteiger charge is -2.39. The maximum Gasteiger partial charge on any atom is 0.157 e. The Hall–Kier alpha value is -5.20. The van der Waals surface area contributed by atoms with Crippen molar-refractivity contribution >= 4 is 0 Å². The van der Waals surface area contributed by atoms with E-state index in [9.17, 15) is 51.1 Å². The predicted octanol–water partition coefficient (Wildman–Crippen LogP) is 3.00. The average molecular weight is 579 g/mol. The Bertz CT molecular complexity index is 1720. The zero-order valence-electron chi connectivity index (χ0n) is 21.6. The molecular formula is C30H26O12. The summed E-state index contributed by atoms with van der Waals surface area (Å²) in [6.45, 7) is 0. The molecule has 42 heavy (non-hydrogen) atoms. The van der Waals surface area contributed by atoms with Crippen LogP contribution in [0.4, 0.5) is 0 Å². The van der Waals surface area contributed by atoms with E-state index >= 15 is 0 Å². The van der Waals surface area contributed by atoms with E-state index in [4.69, 9.17) is 9.47 Å². The minimum Gasteiger partial charge on any atom is -0.508 e. The molecule has 0 bridgehead atoms. The van der Waals surface area contributed by atoms with E-state index in [2.05, 4.69) is 0 Å². The van der Waals surface area contributed by atoms with Gasteiger partial charge >= 0.3 is 0 Å². The summed E-state index contributed by atoms with van der Waals surface area (Å²) in [4.78, 5) is 0. The van der Waals surface area contributed by atoms with Crippen LogP contribution in [0.2, 0.25) is 0 Å². The number of phenols is 8. The van der Waals surface area contributed by atoms with Gasteiger partial charge in [-0.15, -0.1) is 0 Å². The van der Waals surface area contributed by atoms with E-state index < -0.39 is 64.8 Å². The van der Waals surface area contributed by atoms with Crippen LogP contribution in [0.25, 0.3) is 0 Å². The number of aromatic hydroxyl groups is 8. The van der Waals surface area contributed by atoms with E-state index in [0.29, 0.717) is 5.56 Å². The molecule has 5 atom stereocenters. The molecule has 1 unspecified atom stereocenters. The number of fused-ring (bicyclic) bond motifs is 2. The summed E-state index contributed by atoms with van der Waals surface area (Å²) in [6, 6.07) is 11.0. The highest BCUT2D eigenvalue weighted by Crippen LogP contribution is 2.56. The van der Waals surface area contributed by atoms with Crippen LogP contribution in [0.3, 0.4) is 0 Å². The third-order valence-electron chi connectivity index (χ3n) is 7.69. The molecule has 10 N–H and O–H groups in total. The SMILES string of the molecule is Oc1cc(O)c2c(c1)O[C@H](c1ccc(O)c(O)c1)[C@H](O)[C@H]2c1c(O)cc2c(c1O)CC(O)[C@H](c1ccc(O)c(O)c1)O2. The predicted molar refractivity (Wildman–Crippen MR) is 143 cm³/mol. The van der Waals surface area contributed by atoms with Gasteiger partial charge in [0.25, 0.3) is 0 Å². The second-order valence-corrected chi connectivity index (χ2v) is 10.3. The zero-order chi connectivity index (χ0) is 30.0. The van der Waals surface area contributed by atoms with Crippen molar-refractivity contribution in [3.63, 3.8) is 0 Å². The number of benzene rings is 4. The molecule has 2 heterocycles. The normalized spacial score (nSPS) is 22.9. The summed E-state index contributed by atoms with van der Waals surface area (Å²) < 4.78 is 11.8. The van der Waals surface area contributed by atoms with Gasteiger partial charge < -0.3 is 60.5 Å². The minimum absolute atomic E-state index is 0.00771. The van der Waals surface area contributed by atoms with Crippen LogP contribution in [0.5, 0.6) is 57.5 Å². The number of aliphatic hydroxyl groups excluding tert-OH is 2. The summed E-state index contributed by atoms with van der Waals surface area (Å²) in [6.07, 6.45) is -5.31. The molecule has 218 valence electrons. The Balaban J connectivity index is 1.47. The summed E-state index contributed by atoms with van der Waals surface area (Å²) in [5.41, 5.74) is 0.333. The van der Waals surface area contributed by atoms with Crippen LogP contribution in [0, 0.1) is 0 Å². The Labute approximate surface area is 237 Å². The quantitative estimate of drug-likeness (QED) is 0.159. The lowest BCUT2D eigenvalue weighted by Crippen LogP contribution is -2.35. The number of rotatable bonds is 3. The number of ether oxygens (including phenoxy) is 2. The fourth-order valence-electron chi connectivity index (χ4n) is 5.70. The smallest absolute Gasteiger partial charge is 0.157 e. The molecule has 0 spiro atoms. The Morgan fingerprint density at radius 1 is 0.548 bits per heavy atom. The second-order valence-electron chi connectivity index (χ2n) is 10.3. The Morgan fingerprint density at radius 2 is 1.12 bits per heavy atom. The first-order valence-electron chi connectivity index (χ1n) is 12.8. The molecule has 6 rings (SSSR count). The Kier molecular flexibility index (Phi) is 6.24. The molecule has 4 aromatic rings. The topological polar surface area (TPSA) is 221 Å². The summed E-state index contributed by atoms with van der Waals surface area (Å²) in [5, 5.41) is 105. The van der Waals surface area contributed by atoms with Crippen LogP contribution in [-0.2, 0) is 6.42 Å². The van der Waals surface area contributed by atoms with Gasteiger partial charge in [-0.05, 0) is 35.4 Å². The molecule has 4 aromatic carbocycles. The third-order valence-corrected chi connectivity index (χ3v) is 7.69. The van der Waals surface area contributed by atoms with Crippen LogP contribution in [0.1, 0.15) is 45.9 Å². The number of aliphatic hydroxyl groups is 2. The van der Waals surface area contributed by atoms with Crippen molar-refractivity contribution in [2.24, 2.45) is 0 Å². The fraction of sp³-hybridized carbons (Fsp3) is 0.200. The van der Waals surface area contributed by atoms with Crippen molar-refractivity contribution < 1.29 is 60.5 Å². The van der Waals surface area contributed by atoms with E-state index in [1.165, 1.54) is 42.5 Å². The van der Waals surface area contributed by atoms with Gasteiger partial charge in [0.2, 0.25) is 0 Å². The van der Waals surface area contributed by atoms with Crippen LogP contribution >= 0.6 is 0 Å². The first-order valence-corrected chi connectivity index (χ1v) is 12.8. The summed E-state index contributed by atoms with van der Waals surface area (Å²) >= 11 is 0. The molecule has 0 saturated carbocycles. The van der Waals surface area contributed by atoms with Crippen LogP contribution in [0.15, 0.2) is 54.6 Å². The zero-order valence-corrected chi connectivity index (χ0v) is 21.6. The maximum atomic E-state index is 11.6. The number of phenolic OH excluding ortho intramolecular Hbond substituents is 8. The summed E-state index contributed by atoms with van der Waals surface area (Å²) in [5.74, 6) is -5.07. The lowest BCUT2D eigenvalue weighted by molar-refractivity contribution is 0.00573. The van der Waals surface area contributed by atoms with Crippen molar-refractivity contribution in [1.82, 2.24) is 0 Å². The van der Waals surface area contributed by atoms with Gasteiger partial charge in [-0.2, -0.15) is 0 Å². The first-order chi connectivity index (χ1) is 19.9. The van der Waals surface area contributed by atoms with Gasteiger partial charge in [0.05, 0.1) is 12.0 Å². The molecule has 0 saturated heterocycles. The molecule has 0 aromatic heterocycles. The molecule has 2 aliphatic rings. The summed E-state index contributed by atoms with van der Waals surface area (Å²) in [7, 11) is 0. The molecule has 0 aliphatic carbocycles. The highest BCUT2D eigenvalue weighted by atomic mass is 16.5. The van der Waals surface area contributed by atoms with Crippen molar-refractivity contribution in [2.45, 2.75) is 36.8 Å². The molecular weight excluding hydrogens is 552 g/mol. The number of hydrogen-bond acceptors (Lipinski definition) is 12. The molecule has 12 heteroatoms. The molecule has 0 radical (unpaired) electrons. The average Bonchev–Trinajstić information content (AvgIpc) is 2.93. The Morgan fingerprint density at radius 3 is 1.74 bits per heavy atom. The maximum absolute atomic E-state index is 11.6. The van der Waals surface area contributed by atoms with Crippen molar-refractivity contribution in [1.29, 1.82) is 0 Å². The van der Waals surface area contributed by atoms with Gasteiger partial charge in [0.1, 0.15) is 46.7 Å². The molecule has 0 fully saturated rings. The highest BCUT2D eigenvalue weighted by Gasteiger charge is 2.45. The van der Waals surface area contributed by atoms with Gasteiger partial charge in [-0.3, -0.25) is 0 Å².